The van der Waals surface area contributed by atoms with Crippen LogP contribution in [0.15, 0.2) is 23.5 Å². The van der Waals surface area contributed by atoms with Crippen molar-refractivity contribution in [2.75, 3.05) is 13.7 Å². The summed E-state index contributed by atoms with van der Waals surface area (Å²) in [5.74, 6) is -0.371. The molecule has 0 aromatic heterocycles. The fraction of sp³-hybridized carbons (Fsp3) is 0.500. The molecule has 0 unspecified atom stereocenters. The van der Waals surface area contributed by atoms with Gasteiger partial charge in [-0.2, -0.15) is 0 Å². The molecule has 0 aliphatic heterocycles. The molecule has 3 nitrogen and oxygen atoms in total. The van der Waals surface area contributed by atoms with Crippen LogP contribution in [-0.2, 0) is 14.3 Å². The molecule has 0 N–H and O–H groups in total. The van der Waals surface area contributed by atoms with E-state index in [-0.39, 0.29) is 5.97 Å². The molecule has 0 atom stereocenters. The Morgan fingerprint density at radius 1 is 1.46 bits per heavy atom. The Morgan fingerprint density at radius 3 is 2.46 bits per heavy atom. The van der Waals surface area contributed by atoms with E-state index < -0.39 is 0 Å². The average Bonchev–Trinajstić information content (AvgIpc) is 2.17. The molecule has 0 amide bonds. The summed E-state index contributed by atoms with van der Waals surface area (Å²) >= 11 is 0. The van der Waals surface area contributed by atoms with Crippen molar-refractivity contribution in [3.63, 3.8) is 0 Å². The van der Waals surface area contributed by atoms with Gasteiger partial charge in [-0.15, -0.1) is 0 Å². The highest BCUT2D eigenvalue weighted by molar-refractivity contribution is 5.92. The van der Waals surface area contributed by atoms with E-state index in [2.05, 4.69) is 4.74 Å². The van der Waals surface area contributed by atoms with Crippen molar-refractivity contribution in [2.24, 2.45) is 0 Å². The largest absolute Gasteiger partial charge is 0.501 e. The lowest BCUT2D eigenvalue weighted by Gasteiger charge is -2.05. The molecule has 0 aliphatic rings. The van der Waals surface area contributed by atoms with Gasteiger partial charge in [0.15, 0.2) is 0 Å². The van der Waals surface area contributed by atoms with E-state index >= 15 is 0 Å². The molecular weight excluding hydrogens is 168 g/mol. The van der Waals surface area contributed by atoms with Crippen molar-refractivity contribution in [3.05, 3.63) is 23.5 Å². The third-order valence-electron chi connectivity index (χ3n) is 1.63. The Bertz CT molecular complexity index is 226. The number of carbonyl (C=O) groups excluding carboxylic acids is 1. The summed E-state index contributed by atoms with van der Waals surface area (Å²) in [6.45, 7) is 6.09. The molecule has 13 heavy (non-hydrogen) atoms. The van der Waals surface area contributed by atoms with Crippen molar-refractivity contribution >= 4 is 5.97 Å². The normalized spacial score (nSPS) is 12.6. The molecule has 0 saturated carbocycles. The minimum atomic E-state index is -0.371. The molecule has 0 radical (unpaired) electrons. The Hall–Kier alpha value is -1.25. The number of methoxy groups -OCH3 is 1. The lowest BCUT2D eigenvalue weighted by Crippen LogP contribution is -2.06. The molecule has 74 valence electrons. The van der Waals surface area contributed by atoms with Gasteiger partial charge >= 0.3 is 5.97 Å². The third-order valence-corrected chi connectivity index (χ3v) is 1.63. The number of rotatable bonds is 4. The zero-order valence-electron chi connectivity index (χ0n) is 8.59. The molecule has 0 spiro atoms. The van der Waals surface area contributed by atoms with Gasteiger partial charge in [0, 0.05) is 0 Å². The minimum absolute atomic E-state index is 0.371. The number of hydrogen-bond donors (Lipinski definition) is 0. The fourth-order valence-corrected chi connectivity index (χ4v) is 0.734. The maximum atomic E-state index is 11.2. The summed E-state index contributed by atoms with van der Waals surface area (Å²) < 4.78 is 9.64. The van der Waals surface area contributed by atoms with Gasteiger partial charge in [-0.25, -0.2) is 4.79 Å². The van der Waals surface area contributed by atoms with Gasteiger partial charge in [-0.3, -0.25) is 0 Å². The lowest BCUT2D eigenvalue weighted by atomic mass is 10.1. The van der Waals surface area contributed by atoms with Gasteiger partial charge in [0.05, 0.1) is 25.6 Å². The topological polar surface area (TPSA) is 35.5 Å². The highest BCUT2D eigenvalue weighted by atomic mass is 16.5. The first-order valence-corrected chi connectivity index (χ1v) is 4.20. The van der Waals surface area contributed by atoms with Crippen LogP contribution in [0.1, 0.15) is 20.8 Å². The molecule has 0 rings (SSSR count). The fourth-order valence-electron chi connectivity index (χ4n) is 0.734. The second-order valence-corrected chi connectivity index (χ2v) is 2.45. The van der Waals surface area contributed by atoms with Crippen molar-refractivity contribution < 1.29 is 14.3 Å². The van der Waals surface area contributed by atoms with Crippen LogP contribution >= 0.6 is 0 Å². The van der Waals surface area contributed by atoms with Gasteiger partial charge in [-0.05, 0) is 26.3 Å². The Kier molecular flexibility index (Phi) is 5.68. The highest BCUT2D eigenvalue weighted by Crippen LogP contribution is 2.10. The molecular formula is C10H16O3. The molecule has 3 heteroatoms. The third kappa shape index (κ3) is 3.78. The number of allylic oxidation sites excluding steroid dienone is 1. The molecule has 0 fully saturated rings. The first-order chi connectivity index (χ1) is 6.17. The zero-order valence-corrected chi connectivity index (χ0v) is 8.59. The maximum absolute atomic E-state index is 11.2. The van der Waals surface area contributed by atoms with Crippen LogP contribution in [0.3, 0.4) is 0 Å². The van der Waals surface area contributed by atoms with E-state index in [1.54, 1.807) is 0 Å². The SMILES string of the molecule is C/C=C(C)\C(=C\OCC)C(=O)OC. The van der Waals surface area contributed by atoms with Gasteiger partial charge in [0.1, 0.15) is 0 Å². The van der Waals surface area contributed by atoms with Crippen LogP contribution in [0.25, 0.3) is 0 Å². The van der Waals surface area contributed by atoms with Gasteiger partial charge in [0.2, 0.25) is 0 Å². The molecule has 0 aromatic rings. The van der Waals surface area contributed by atoms with Crippen LogP contribution in [-0.4, -0.2) is 19.7 Å². The van der Waals surface area contributed by atoms with E-state index in [1.807, 2.05) is 26.8 Å². The predicted octanol–water partition coefficient (Wildman–Crippen LogP) is 2.05. The lowest BCUT2D eigenvalue weighted by molar-refractivity contribution is -0.135. The smallest absolute Gasteiger partial charge is 0.341 e. The number of esters is 1. The Balaban J connectivity index is 4.65. The van der Waals surface area contributed by atoms with Crippen molar-refractivity contribution in [1.29, 1.82) is 0 Å². The van der Waals surface area contributed by atoms with E-state index in [0.717, 1.165) is 5.57 Å². The monoisotopic (exact) mass is 184 g/mol. The summed E-state index contributed by atoms with van der Waals surface area (Å²) in [6, 6.07) is 0. The van der Waals surface area contributed by atoms with E-state index in [0.29, 0.717) is 12.2 Å². The molecule has 0 heterocycles. The van der Waals surface area contributed by atoms with E-state index in [4.69, 9.17) is 4.74 Å². The van der Waals surface area contributed by atoms with Crippen LogP contribution in [0.4, 0.5) is 0 Å². The van der Waals surface area contributed by atoms with Crippen LogP contribution in [0.2, 0.25) is 0 Å². The quantitative estimate of drug-likeness (QED) is 0.290. The second-order valence-electron chi connectivity index (χ2n) is 2.45. The summed E-state index contributed by atoms with van der Waals surface area (Å²) in [5, 5.41) is 0. The summed E-state index contributed by atoms with van der Waals surface area (Å²) in [6.07, 6.45) is 3.27. The summed E-state index contributed by atoms with van der Waals surface area (Å²) in [5.41, 5.74) is 1.31. The molecule has 0 saturated heterocycles. The highest BCUT2D eigenvalue weighted by Gasteiger charge is 2.10. The van der Waals surface area contributed by atoms with Crippen molar-refractivity contribution in [1.82, 2.24) is 0 Å². The molecule has 0 aromatic carbocycles. The van der Waals surface area contributed by atoms with E-state index in [1.165, 1.54) is 13.4 Å². The van der Waals surface area contributed by atoms with Gasteiger partial charge in [0.25, 0.3) is 0 Å². The van der Waals surface area contributed by atoms with Gasteiger partial charge in [-0.1, -0.05) is 6.08 Å². The maximum Gasteiger partial charge on any atom is 0.341 e. The minimum Gasteiger partial charge on any atom is -0.501 e. The standard InChI is InChI=1S/C10H16O3/c1-5-8(3)9(7-13-6-2)10(11)12-4/h5,7H,6H2,1-4H3/b8-5-,9-7-. The predicted molar refractivity (Wildman–Crippen MR) is 51.2 cm³/mol. The van der Waals surface area contributed by atoms with E-state index in [9.17, 15) is 4.79 Å². The summed E-state index contributed by atoms with van der Waals surface area (Å²) in [7, 11) is 1.35. The Labute approximate surface area is 79.0 Å². The summed E-state index contributed by atoms with van der Waals surface area (Å²) in [4.78, 5) is 11.2. The first-order valence-electron chi connectivity index (χ1n) is 4.20. The van der Waals surface area contributed by atoms with Crippen molar-refractivity contribution in [2.45, 2.75) is 20.8 Å². The second kappa shape index (κ2) is 6.29. The number of ether oxygens (including phenoxy) is 2. The van der Waals surface area contributed by atoms with Crippen LogP contribution < -0.4 is 0 Å². The van der Waals surface area contributed by atoms with Crippen LogP contribution in [0, 0.1) is 0 Å². The van der Waals surface area contributed by atoms with Gasteiger partial charge < -0.3 is 9.47 Å². The average molecular weight is 184 g/mol. The van der Waals surface area contributed by atoms with Crippen molar-refractivity contribution in [3.8, 4) is 0 Å². The number of carbonyl (C=O) groups is 1. The van der Waals surface area contributed by atoms with Crippen LogP contribution in [0.5, 0.6) is 0 Å². The molecule has 0 bridgehead atoms. The zero-order chi connectivity index (χ0) is 10.3. The first kappa shape index (κ1) is 11.8. The molecule has 0 aliphatic carbocycles. The Morgan fingerprint density at radius 2 is 2.08 bits per heavy atom. The number of hydrogen-bond acceptors (Lipinski definition) is 3.